The van der Waals surface area contributed by atoms with E-state index in [2.05, 4.69) is 32.9 Å². The molecule has 0 aliphatic carbocycles. The molecule has 0 radical (unpaired) electrons. The van der Waals surface area contributed by atoms with Crippen molar-refractivity contribution in [2.75, 3.05) is 18.4 Å². The molecule has 2 aromatic heterocycles. The third-order valence-corrected chi connectivity index (χ3v) is 2.64. The van der Waals surface area contributed by atoms with Crippen LogP contribution < -0.4 is 10.6 Å². The van der Waals surface area contributed by atoms with Crippen LogP contribution in [-0.4, -0.2) is 39.0 Å². The van der Waals surface area contributed by atoms with Crippen LogP contribution in [0.3, 0.4) is 0 Å². The van der Waals surface area contributed by atoms with Gasteiger partial charge in [0.2, 0.25) is 0 Å². The lowest BCUT2D eigenvalue weighted by Gasteiger charge is -2.07. The molecule has 0 spiro atoms. The van der Waals surface area contributed by atoms with Crippen LogP contribution in [0.5, 0.6) is 0 Å². The second-order valence-corrected chi connectivity index (χ2v) is 4.26. The summed E-state index contributed by atoms with van der Waals surface area (Å²) in [4.78, 5) is 16.2. The number of rotatable bonds is 7. The zero-order valence-corrected chi connectivity index (χ0v) is 11.4. The van der Waals surface area contributed by atoms with E-state index in [1.54, 1.807) is 23.1 Å². The molecular formula is C13H18N6O. The second kappa shape index (κ2) is 7.22. The highest BCUT2D eigenvalue weighted by atomic mass is 16.1. The maximum absolute atomic E-state index is 12.0. The summed E-state index contributed by atoms with van der Waals surface area (Å²) < 4.78 is 1.66. The summed E-state index contributed by atoms with van der Waals surface area (Å²) in [6.07, 6.45) is 4.36. The second-order valence-electron chi connectivity index (χ2n) is 4.26. The molecule has 0 atom stereocenters. The van der Waals surface area contributed by atoms with Gasteiger partial charge >= 0.3 is 0 Å². The predicted octanol–water partition coefficient (Wildman–Crippen LogP) is 0.925. The van der Waals surface area contributed by atoms with Gasteiger partial charge in [0.1, 0.15) is 11.5 Å². The average Bonchev–Trinajstić information content (AvgIpc) is 2.98. The first kappa shape index (κ1) is 14.0. The van der Waals surface area contributed by atoms with Crippen LogP contribution in [0.25, 0.3) is 0 Å². The summed E-state index contributed by atoms with van der Waals surface area (Å²) in [6, 6.07) is 5.36. The maximum Gasteiger partial charge on any atom is 0.270 e. The molecule has 106 valence electrons. The van der Waals surface area contributed by atoms with Crippen molar-refractivity contribution in [1.29, 1.82) is 0 Å². The van der Waals surface area contributed by atoms with Crippen molar-refractivity contribution < 1.29 is 4.79 Å². The fourth-order valence-electron chi connectivity index (χ4n) is 1.64. The molecule has 20 heavy (non-hydrogen) atoms. The highest BCUT2D eigenvalue weighted by Crippen LogP contribution is 2.04. The maximum atomic E-state index is 12.0. The normalized spacial score (nSPS) is 10.2. The predicted molar refractivity (Wildman–Crippen MR) is 75.4 cm³/mol. The van der Waals surface area contributed by atoms with Crippen LogP contribution in [0.15, 0.2) is 30.6 Å². The Hall–Kier alpha value is -2.44. The Morgan fingerprint density at radius 1 is 1.35 bits per heavy atom. The van der Waals surface area contributed by atoms with Crippen molar-refractivity contribution in [3.63, 3.8) is 0 Å². The topological polar surface area (TPSA) is 84.7 Å². The molecule has 0 saturated heterocycles. The molecule has 0 unspecified atom stereocenters. The minimum atomic E-state index is -0.190. The van der Waals surface area contributed by atoms with Crippen molar-refractivity contribution in [3.05, 3.63) is 36.3 Å². The molecule has 0 saturated carbocycles. The van der Waals surface area contributed by atoms with E-state index < -0.39 is 0 Å². The Bertz CT molecular complexity index is 540. The first-order valence-corrected chi connectivity index (χ1v) is 6.63. The van der Waals surface area contributed by atoms with E-state index >= 15 is 0 Å². The fraction of sp³-hybridized carbons (Fsp3) is 0.385. The number of amides is 1. The van der Waals surface area contributed by atoms with Crippen LogP contribution in [0.1, 0.15) is 23.8 Å². The first-order chi connectivity index (χ1) is 9.79. The van der Waals surface area contributed by atoms with Crippen molar-refractivity contribution in [2.45, 2.75) is 19.9 Å². The van der Waals surface area contributed by atoms with E-state index in [0.29, 0.717) is 18.8 Å². The SMILES string of the molecule is CCCNc1cccc(C(=O)NCCn2ccnn2)n1. The molecule has 7 heteroatoms. The minimum Gasteiger partial charge on any atom is -0.370 e. The number of nitrogens with zero attached hydrogens (tertiary/aromatic N) is 4. The zero-order valence-electron chi connectivity index (χ0n) is 11.4. The van der Waals surface area contributed by atoms with Gasteiger partial charge in [0.05, 0.1) is 12.7 Å². The summed E-state index contributed by atoms with van der Waals surface area (Å²) in [5.74, 6) is 0.529. The highest BCUT2D eigenvalue weighted by Gasteiger charge is 2.07. The lowest BCUT2D eigenvalue weighted by atomic mass is 10.3. The number of carbonyl (C=O) groups is 1. The standard InChI is InChI=1S/C13H18N6O/c1-2-6-14-12-5-3-4-11(17-12)13(20)15-7-9-19-10-8-16-18-19/h3-5,8,10H,2,6-7,9H2,1H3,(H,14,17)(H,15,20). The number of pyridine rings is 1. The van der Waals surface area contributed by atoms with Gasteiger partial charge < -0.3 is 10.6 Å². The van der Waals surface area contributed by atoms with Gasteiger partial charge in [-0.25, -0.2) is 4.98 Å². The molecule has 0 bridgehead atoms. The van der Waals surface area contributed by atoms with Crippen LogP contribution in [0, 0.1) is 0 Å². The van der Waals surface area contributed by atoms with E-state index in [0.717, 1.165) is 18.8 Å². The van der Waals surface area contributed by atoms with Gasteiger partial charge in [-0.3, -0.25) is 9.48 Å². The number of nitrogens with one attached hydrogen (secondary N) is 2. The third kappa shape index (κ3) is 4.04. The molecule has 7 nitrogen and oxygen atoms in total. The molecular weight excluding hydrogens is 256 g/mol. The van der Waals surface area contributed by atoms with Gasteiger partial charge in [-0.05, 0) is 18.6 Å². The zero-order chi connectivity index (χ0) is 14.2. The summed E-state index contributed by atoms with van der Waals surface area (Å²) in [6.45, 7) is 3.98. The van der Waals surface area contributed by atoms with Gasteiger partial charge in [-0.15, -0.1) is 5.10 Å². The van der Waals surface area contributed by atoms with Crippen LogP contribution in [-0.2, 0) is 6.54 Å². The van der Waals surface area contributed by atoms with Crippen LogP contribution in [0.4, 0.5) is 5.82 Å². The molecule has 2 rings (SSSR count). The molecule has 2 aromatic rings. The average molecular weight is 274 g/mol. The number of hydrogen-bond donors (Lipinski definition) is 2. The number of anilines is 1. The van der Waals surface area contributed by atoms with Crippen molar-refractivity contribution >= 4 is 11.7 Å². The summed E-state index contributed by atoms with van der Waals surface area (Å²) in [5.41, 5.74) is 0.407. The Kier molecular flexibility index (Phi) is 5.05. The fourth-order valence-corrected chi connectivity index (χ4v) is 1.64. The van der Waals surface area contributed by atoms with Gasteiger partial charge in [0.15, 0.2) is 0 Å². The largest absolute Gasteiger partial charge is 0.370 e. The molecule has 0 aliphatic heterocycles. The smallest absolute Gasteiger partial charge is 0.270 e. The number of carbonyl (C=O) groups excluding carboxylic acids is 1. The number of aromatic nitrogens is 4. The highest BCUT2D eigenvalue weighted by molar-refractivity contribution is 5.92. The van der Waals surface area contributed by atoms with Gasteiger partial charge in [0, 0.05) is 19.3 Å². The Labute approximate surface area is 117 Å². The van der Waals surface area contributed by atoms with Gasteiger partial charge in [0.25, 0.3) is 5.91 Å². The van der Waals surface area contributed by atoms with E-state index in [9.17, 15) is 4.79 Å². The molecule has 0 fully saturated rings. The van der Waals surface area contributed by atoms with Gasteiger partial charge in [-0.2, -0.15) is 0 Å². The van der Waals surface area contributed by atoms with Crippen molar-refractivity contribution in [2.24, 2.45) is 0 Å². The monoisotopic (exact) mass is 274 g/mol. The van der Waals surface area contributed by atoms with Crippen molar-refractivity contribution in [1.82, 2.24) is 25.3 Å². The number of hydrogen-bond acceptors (Lipinski definition) is 5. The van der Waals surface area contributed by atoms with E-state index in [1.165, 1.54) is 0 Å². The van der Waals surface area contributed by atoms with E-state index in [1.807, 2.05) is 12.1 Å². The Morgan fingerprint density at radius 2 is 2.25 bits per heavy atom. The lowest BCUT2D eigenvalue weighted by Crippen LogP contribution is -2.28. The molecule has 0 aliphatic rings. The van der Waals surface area contributed by atoms with Gasteiger partial charge in [-0.1, -0.05) is 18.2 Å². The van der Waals surface area contributed by atoms with Crippen molar-refractivity contribution in [3.8, 4) is 0 Å². The molecule has 2 heterocycles. The molecule has 0 aromatic carbocycles. The first-order valence-electron chi connectivity index (χ1n) is 6.63. The third-order valence-electron chi connectivity index (χ3n) is 2.64. The van der Waals surface area contributed by atoms with E-state index in [-0.39, 0.29) is 5.91 Å². The molecule has 2 N–H and O–H groups in total. The Balaban J connectivity index is 1.85. The summed E-state index contributed by atoms with van der Waals surface area (Å²) in [5, 5.41) is 13.5. The molecule has 1 amide bonds. The van der Waals surface area contributed by atoms with E-state index in [4.69, 9.17) is 0 Å². The van der Waals surface area contributed by atoms with Crippen LogP contribution >= 0.6 is 0 Å². The summed E-state index contributed by atoms with van der Waals surface area (Å²) >= 11 is 0. The van der Waals surface area contributed by atoms with Crippen LogP contribution in [0.2, 0.25) is 0 Å². The minimum absolute atomic E-state index is 0.190. The summed E-state index contributed by atoms with van der Waals surface area (Å²) in [7, 11) is 0. The quantitative estimate of drug-likeness (QED) is 0.784. The Morgan fingerprint density at radius 3 is 3.00 bits per heavy atom. The lowest BCUT2D eigenvalue weighted by molar-refractivity contribution is 0.0947.